The number of nitrogens with one attached hydrogen (secondary N) is 2. The van der Waals surface area contributed by atoms with Crippen LogP contribution in [0.1, 0.15) is 11.3 Å². The molecule has 2 rings (SSSR count). The Hall–Kier alpha value is -1.89. The second kappa shape index (κ2) is 5.00. The molecule has 0 radical (unpaired) electrons. The number of benzene rings is 1. The van der Waals surface area contributed by atoms with Crippen LogP contribution in [0.4, 0.5) is 13.2 Å². The van der Waals surface area contributed by atoms with Crippen LogP contribution in [-0.4, -0.2) is 23.6 Å². The minimum atomic E-state index is -4.41. The van der Waals surface area contributed by atoms with E-state index in [-0.39, 0.29) is 5.52 Å². The van der Waals surface area contributed by atoms with Crippen LogP contribution in [0.2, 0.25) is 0 Å². The van der Waals surface area contributed by atoms with Crippen LogP contribution in [0.5, 0.6) is 0 Å². The number of hydrogen-bond donors (Lipinski definition) is 2. The lowest BCUT2D eigenvalue weighted by molar-refractivity contribution is -0.137. The molecule has 0 fully saturated rings. The number of fused-ring (bicyclic) bond motifs is 1. The van der Waals surface area contributed by atoms with E-state index in [0.717, 1.165) is 12.1 Å². The molecule has 0 bridgehead atoms. The maximum absolute atomic E-state index is 12.7. The van der Waals surface area contributed by atoms with Crippen molar-refractivity contribution < 1.29 is 13.2 Å². The Labute approximate surface area is 106 Å². The molecule has 1 heterocycles. The Morgan fingerprint density at radius 1 is 1.37 bits per heavy atom. The van der Waals surface area contributed by atoms with E-state index in [2.05, 4.69) is 15.3 Å². The summed E-state index contributed by atoms with van der Waals surface area (Å²) in [6.45, 7) is 0.547. The zero-order chi connectivity index (χ0) is 14.0. The highest BCUT2D eigenvalue weighted by Crippen LogP contribution is 2.31. The SMILES string of the molecule is CNCCc1[nH]c(=O)nc2ccc(C(F)(F)F)cc12. The van der Waals surface area contributed by atoms with Crippen molar-refractivity contribution >= 4 is 10.9 Å². The summed E-state index contributed by atoms with van der Waals surface area (Å²) in [5.41, 5.74) is -0.587. The molecule has 2 N–H and O–H groups in total. The van der Waals surface area contributed by atoms with Crippen molar-refractivity contribution in [2.24, 2.45) is 0 Å². The summed E-state index contributed by atoms with van der Waals surface area (Å²) in [6.07, 6.45) is -3.99. The lowest BCUT2D eigenvalue weighted by atomic mass is 10.1. The smallest absolute Gasteiger partial charge is 0.319 e. The summed E-state index contributed by atoms with van der Waals surface area (Å²) in [6, 6.07) is 3.16. The molecule has 1 aromatic heterocycles. The Morgan fingerprint density at radius 2 is 2.11 bits per heavy atom. The maximum atomic E-state index is 12.7. The van der Waals surface area contributed by atoms with Gasteiger partial charge in [0, 0.05) is 24.0 Å². The van der Waals surface area contributed by atoms with Crippen LogP contribution in [-0.2, 0) is 12.6 Å². The van der Waals surface area contributed by atoms with Crippen molar-refractivity contribution in [1.29, 1.82) is 0 Å². The van der Waals surface area contributed by atoms with Gasteiger partial charge < -0.3 is 10.3 Å². The fourth-order valence-corrected chi connectivity index (χ4v) is 1.83. The monoisotopic (exact) mass is 271 g/mol. The van der Waals surface area contributed by atoms with Gasteiger partial charge in [-0.3, -0.25) is 0 Å². The van der Waals surface area contributed by atoms with Crippen molar-refractivity contribution in [1.82, 2.24) is 15.3 Å². The van der Waals surface area contributed by atoms with E-state index in [4.69, 9.17) is 0 Å². The Morgan fingerprint density at radius 3 is 2.74 bits per heavy atom. The molecular weight excluding hydrogens is 259 g/mol. The van der Waals surface area contributed by atoms with Gasteiger partial charge in [-0.1, -0.05) is 0 Å². The third-order valence-electron chi connectivity index (χ3n) is 2.75. The van der Waals surface area contributed by atoms with Gasteiger partial charge in [0.05, 0.1) is 11.1 Å². The molecule has 0 amide bonds. The molecule has 19 heavy (non-hydrogen) atoms. The van der Waals surface area contributed by atoms with Crippen LogP contribution in [0.3, 0.4) is 0 Å². The van der Waals surface area contributed by atoms with Crippen molar-refractivity contribution in [3.8, 4) is 0 Å². The summed E-state index contributed by atoms with van der Waals surface area (Å²) in [5.74, 6) is 0. The van der Waals surface area contributed by atoms with E-state index >= 15 is 0 Å². The first-order valence-electron chi connectivity index (χ1n) is 5.66. The van der Waals surface area contributed by atoms with E-state index in [1.165, 1.54) is 6.07 Å². The average molecular weight is 271 g/mol. The number of aromatic amines is 1. The van der Waals surface area contributed by atoms with Crippen LogP contribution in [0.15, 0.2) is 23.0 Å². The molecule has 0 atom stereocenters. The predicted molar refractivity (Wildman–Crippen MR) is 65.0 cm³/mol. The van der Waals surface area contributed by atoms with E-state index in [9.17, 15) is 18.0 Å². The number of alkyl halides is 3. The molecular formula is C12H12F3N3O. The quantitative estimate of drug-likeness (QED) is 0.893. The highest BCUT2D eigenvalue weighted by molar-refractivity contribution is 5.81. The molecule has 0 saturated carbocycles. The lowest BCUT2D eigenvalue weighted by Gasteiger charge is -2.10. The standard InChI is InChI=1S/C12H12F3N3O/c1-16-5-4-10-8-6-7(12(13,14)15)2-3-9(8)17-11(19)18-10/h2-3,6,16H,4-5H2,1H3,(H,17,18,19). The molecule has 0 spiro atoms. The first kappa shape index (κ1) is 13.5. The van der Waals surface area contributed by atoms with Gasteiger partial charge in [0.15, 0.2) is 0 Å². The minimum Gasteiger partial charge on any atom is -0.319 e. The molecule has 0 saturated heterocycles. The highest BCUT2D eigenvalue weighted by atomic mass is 19.4. The summed E-state index contributed by atoms with van der Waals surface area (Å²) in [5, 5.41) is 3.20. The third-order valence-corrected chi connectivity index (χ3v) is 2.75. The molecule has 7 heteroatoms. The second-order valence-electron chi connectivity index (χ2n) is 4.10. The predicted octanol–water partition coefficient (Wildman–Crippen LogP) is 1.70. The molecule has 0 unspecified atom stereocenters. The number of rotatable bonds is 3. The molecule has 4 nitrogen and oxygen atoms in total. The lowest BCUT2D eigenvalue weighted by Crippen LogP contribution is -2.18. The summed E-state index contributed by atoms with van der Waals surface area (Å²) in [4.78, 5) is 17.5. The summed E-state index contributed by atoms with van der Waals surface area (Å²) in [7, 11) is 1.72. The van der Waals surface area contributed by atoms with Crippen molar-refractivity contribution in [3.05, 3.63) is 39.9 Å². The fraction of sp³-hybridized carbons (Fsp3) is 0.333. The number of hydrogen-bond acceptors (Lipinski definition) is 3. The van der Waals surface area contributed by atoms with Crippen LogP contribution >= 0.6 is 0 Å². The first-order valence-corrected chi connectivity index (χ1v) is 5.66. The first-order chi connectivity index (χ1) is 8.91. The van der Waals surface area contributed by atoms with Gasteiger partial charge in [-0.15, -0.1) is 0 Å². The Balaban J connectivity index is 2.61. The van der Waals surface area contributed by atoms with Crippen LogP contribution in [0, 0.1) is 0 Å². The van der Waals surface area contributed by atoms with E-state index < -0.39 is 17.4 Å². The van der Waals surface area contributed by atoms with E-state index in [1.807, 2.05) is 0 Å². The topological polar surface area (TPSA) is 57.8 Å². The minimum absolute atomic E-state index is 0.267. The Kier molecular flexibility index (Phi) is 3.57. The van der Waals surface area contributed by atoms with E-state index in [0.29, 0.717) is 24.0 Å². The van der Waals surface area contributed by atoms with Crippen molar-refractivity contribution in [3.63, 3.8) is 0 Å². The highest BCUT2D eigenvalue weighted by Gasteiger charge is 2.30. The van der Waals surface area contributed by atoms with Gasteiger partial charge in [0.2, 0.25) is 0 Å². The molecule has 102 valence electrons. The average Bonchev–Trinajstić information content (AvgIpc) is 2.34. The molecule has 0 aliphatic heterocycles. The Bertz CT molecular complexity index is 649. The zero-order valence-corrected chi connectivity index (χ0v) is 10.1. The second-order valence-corrected chi connectivity index (χ2v) is 4.10. The van der Waals surface area contributed by atoms with Crippen LogP contribution < -0.4 is 11.0 Å². The largest absolute Gasteiger partial charge is 0.416 e. The number of likely N-dealkylation sites (N-methyl/N-ethyl adjacent to an activating group) is 1. The number of H-pyrrole nitrogens is 1. The van der Waals surface area contributed by atoms with Crippen LogP contribution in [0.25, 0.3) is 10.9 Å². The number of aromatic nitrogens is 2. The summed E-state index contributed by atoms with van der Waals surface area (Å²) < 4.78 is 38.0. The van der Waals surface area contributed by atoms with Crippen molar-refractivity contribution in [2.75, 3.05) is 13.6 Å². The molecule has 2 aromatic rings. The van der Waals surface area contributed by atoms with Gasteiger partial charge in [-0.05, 0) is 25.2 Å². The van der Waals surface area contributed by atoms with Crippen molar-refractivity contribution in [2.45, 2.75) is 12.6 Å². The third kappa shape index (κ3) is 2.93. The summed E-state index contributed by atoms with van der Waals surface area (Å²) >= 11 is 0. The number of halogens is 3. The maximum Gasteiger partial charge on any atom is 0.416 e. The normalized spacial score (nSPS) is 12.0. The molecule has 0 aliphatic carbocycles. The number of nitrogens with zero attached hydrogens (tertiary/aromatic N) is 1. The van der Waals surface area contributed by atoms with Gasteiger partial charge in [0.25, 0.3) is 0 Å². The fourth-order valence-electron chi connectivity index (χ4n) is 1.83. The zero-order valence-electron chi connectivity index (χ0n) is 10.1. The van der Waals surface area contributed by atoms with Gasteiger partial charge >= 0.3 is 11.9 Å². The molecule has 0 aliphatic rings. The van der Waals surface area contributed by atoms with Gasteiger partial charge in [-0.25, -0.2) is 4.79 Å². The van der Waals surface area contributed by atoms with Gasteiger partial charge in [-0.2, -0.15) is 18.2 Å². The van der Waals surface area contributed by atoms with Gasteiger partial charge in [0.1, 0.15) is 0 Å². The molecule has 1 aromatic carbocycles. The van der Waals surface area contributed by atoms with E-state index in [1.54, 1.807) is 7.05 Å².